The van der Waals surface area contributed by atoms with Crippen molar-refractivity contribution in [2.45, 2.75) is 32.2 Å². The lowest BCUT2D eigenvalue weighted by Crippen LogP contribution is -2.10. The molecule has 2 rings (SSSR count). The fraction of sp³-hybridized carbons (Fsp3) is 0.615. The van der Waals surface area contributed by atoms with Gasteiger partial charge in [-0.1, -0.05) is 13.3 Å². The molecular weight excluding hydrogens is 280 g/mol. The zero-order valence-electron chi connectivity index (χ0n) is 11.8. The van der Waals surface area contributed by atoms with Gasteiger partial charge in [0, 0.05) is 13.2 Å². The summed E-state index contributed by atoms with van der Waals surface area (Å²) in [5.74, 6) is 1.53. The summed E-state index contributed by atoms with van der Waals surface area (Å²) in [4.78, 5) is 12.8. The summed E-state index contributed by atoms with van der Waals surface area (Å²) in [5.41, 5.74) is 1.37. The molecule has 0 saturated heterocycles. The molecule has 0 saturated carbocycles. The highest BCUT2D eigenvalue weighted by Crippen LogP contribution is 2.22. The molecule has 2 aromatic rings. The van der Waals surface area contributed by atoms with Crippen LogP contribution < -0.4 is 4.74 Å². The molecule has 20 heavy (non-hydrogen) atoms. The highest BCUT2D eigenvalue weighted by Gasteiger charge is 2.15. The molecule has 2 aromatic heterocycles. The van der Waals surface area contributed by atoms with Crippen LogP contribution in [0.4, 0.5) is 0 Å². The first-order valence-electron chi connectivity index (χ1n) is 6.69. The van der Waals surface area contributed by atoms with E-state index in [1.807, 2.05) is 4.57 Å². The van der Waals surface area contributed by atoms with Gasteiger partial charge in [0.1, 0.15) is 12.2 Å². The highest BCUT2D eigenvalue weighted by molar-refractivity contribution is 6.16. The van der Waals surface area contributed by atoms with Crippen molar-refractivity contribution in [3.8, 4) is 5.88 Å². The number of methoxy groups -OCH3 is 1. The van der Waals surface area contributed by atoms with Gasteiger partial charge in [-0.2, -0.15) is 4.98 Å². The van der Waals surface area contributed by atoms with Gasteiger partial charge in [0.15, 0.2) is 11.2 Å². The van der Waals surface area contributed by atoms with Gasteiger partial charge in [0.05, 0.1) is 19.6 Å². The molecule has 110 valence electrons. The molecule has 7 heteroatoms. The van der Waals surface area contributed by atoms with Gasteiger partial charge in [-0.25, -0.2) is 9.97 Å². The van der Waals surface area contributed by atoms with Crippen molar-refractivity contribution < 1.29 is 9.47 Å². The third kappa shape index (κ3) is 3.19. The number of imidazole rings is 1. The fourth-order valence-electron chi connectivity index (χ4n) is 1.95. The molecule has 0 atom stereocenters. The lowest BCUT2D eigenvalue weighted by molar-refractivity contribution is 0.123. The Morgan fingerprint density at radius 3 is 2.85 bits per heavy atom. The van der Waals surface area contributed by atoms with E-state index < -0.39 is 0 Å². The van der Waals surface area contributed by atoms with Crippen LogP contribution in [0.1, 0.15) is 25.6 Å². The van der Waals surface area contributed by atoms with Crippen molar-refractivity contribution in [1.29, 1.82) is 0 Å². The second-order valence-corrected chi connectivity index (χ2v) is 4.60. The average molecular weight is 299 g/mol. The Balaban J connectivity index is 2.18. The molecule has 0 spiro atoms. The van der Waals surface area contributed by atoms with E-state index in [0.717, 1.165) is 30.9 Å². The predicted octanol–water partition coefficient (Wildman–Crippen LogP) is 2.39. The normalized spacial score (nSPS) is 11.2. The van der Waals surface area contributed by atoms with E-state index in [1.165, 1.54) is 6.33 Å². The van der Waals surface area contributed by atoms with E-state index in [0.29, 0.717) is 30.4 Å². The second-order valence-electron chi connectivity index (χ2n) is 4.33. The topological polar surface area (TPSA) is 62.1 Å². The maximum Gasteiger partial charge on any atom is 0.245 e. The number of nitrogens with zero attached hydrogens (tertiary/aromatic N) is 4. The van der Waals surface area contributed by atoms with Crippen LogP contribution in [0.2, 0.25) is 0 Å². The van der Waals surface area contributed by atoms with Crippen molar-refractivity contribution in [3.63, 3.8) is 0 Å². The highest BCUT2D eigenvalue weighted by atomic mass is 35.5. The minimum Gasteiger partial charge on any atom is -0.479 e. The van der Waals surface area contributed by atoms with E-state index in [-0.39, 0.29) is 0 Å². The average Bonchev–Trinajstić information content (AvgIpc) is 2.85. The quantitative estimate of drug-likeness (QED) is 0.553. The largest absolute Gasteiger partial charge is 0.479 e. The van der Waals surface area contributed by atoms with Crippen molar-refractivity contribution in [2.24, 2.45) is 0 Å². The molecule has 0 fully saturated rings. The van der Waals surface area contributed by atoms with Crippen molar-refractivity contribution in [2.75, 3.05) is 20.3 Å². The third-order valence-corrected chi connectivity index (χ3v) is 3.23. The van der Waals surface area contributed by atoms with Gasteiger partial charge < -0.3 is 14.0 Å². The Kier molecular flexibility index (Phi) is 5.55. The van der Waals surface area contributed by atoms with Crippen LogP contribution in [0, 0.1) is 0 Å². The molecule has 2 heterocycles. The molecule has 0 N–H and O–H groups in total. The Labute approximate surface area is 123 Å². The molecule has 0 amide bonds. The third-order valence-electron chi connectivity index (χ3n) is 2.99. The molecule has 0 aliphatic rings. The molecule has 6 nitrogen and oxygen atoms in total. The number of aromatic nitrogens is 4. The van der Waals surface area contributed by atoms with E-state index in [2.05, 4.69) is 21.9 Å². The maximum atomic E-state index is 5.95. The number of halogens is 1. The number of hydrogen-bond acceptors (Lipinski definition) is 5. The first kappa shape index (κ1) is 15.0. The predicted molar refractivity (Wildman–Crippen MR) is 77.2 cm³/mol. The van der Waals surface area contributed by atoms with Crippen LogP contribution in [-0.2, 0) is 17.2 Å². The van der Waals surface area contributed by atoms with E-state index in [9.17, 15) is 0 Å². The maximum absolute atomic E-state index is 5.95. The zero-order chi connectivity index (χ0) is 14.4. The van der Waals surface area contributed by atoms with E-state index in [4.69, 9.17) is 21.1 Å². The van der Waals surface area contributed by atoms with Gasteiger partial charge in [-0.3, -0.25) is 0 Å². The van der Waals surface area contributed by atoms with Gasteiger partial charge >= 0.3 is 0 Å². The Hall–Kier alpha value is -1.40. The van der Waals surface area contributed by atoms with Crippen LogP contribution in [0.25, 0.3) is 11.2 Å². The number of unbranched alkanes of at least 4 members (excludes halogenated alkanes) is 1. The molecule has 0 aliphatic heterocycles. The summed E-state index contributed by atoms with van der Waals surface area (Å²) in [5, 5.41) is 0. The Morgan fingerprint density at radius 1 is 1.30 bits per heavy atom. The van der Waals surface area contributed by atoms with Crippen LogP contribution in [-0.4, -0.2) is 39.8 Å². The molecule has 0 bridgehead atoms. The number of fused-ring (bicyclic) bond motifs is 1. The summed E-state index contributed by atoms with van der Waals surface area (Å²) < 4.78 is 12.7. The Morgan fingerprint density at radius 2 is 2.15 bits per heavy atom. The number of ether oxygens (including phenoxy) is 2. The fourth-order valence-corrected chi connectivity index (χ4v) is 2.16. The van der Waals surface area contributed by atoms with Gasteiger partial charge in [-0.15, -0.1) is 11.6 Å². The van der Waals surface area contributed by atoms with Crippen LogP contribution in [0.5, 0.6) is 5.88 Å². The van der Waals surface area contributed by atoms with Crippen molar-refractivity contribution in [1.82, 2.24) is 19.5 Å². The summed E-state index contributed by atoms with van der Waals surface area (Å²) in [6.07, 6.45) is 3.67. The van der Waals surface area contributed by atoms with Gasteiger partial charge in [-0.05, 0) is 6.42 Å². The SMILES string of the molecule is CCCCOCCn1c(CCl)nc2c(OC)ncnc21. The monoisotopic (exact) mass is 298 g/mol. The number of hydrogen-bond donors (Lipinski definition) is 0. The summed E-state index contributed by atoms with van der Waals surface area (Å²) >= 11 is 5.95. The lowest BCUT2D eigenvalue weighted by Gasteiger charge is -2.07. The Bertz CT molecular complexity index is 559. The van der Waals surface area contributed by atoms with Gasteiger partial charge in [0.25, 0.3) is 0 Å². The standard InChI is InChI=1S/C13H19ClN4O2/c1-3-4-6-20-7-5-18-10(8-14)17-11-12(18)15-9-16-13(11)19-2/h9H,3-8H2,1-2H3. The van der Waals surface area contributed by atoms with Crippen LogP contribution >= 0.6 is 11.6 Å². The first-order valence-corrected chi connectivity index (χ1v) is 7.23. The van der Waals surface area contributed by atoms with E-state index >= 15 is 0 Å². The first-order chi connectivity index (χ1) is 9.81. The number of rotatable bonds is 8. The summed E-state index contributed by atoms with van der Waals surface area (Å²) in [7, 11) is 1.56. The molecule has 0 unspecified atom stereocenters. The van der Waals surface area contributed by atoms with Crippen LogP contribution in [0.15, 0.2) is 6.33 Å². The zero-order valence-corrected chi connectivity index (χ0v) is 12.6. The molecule has 0 aromatic carbocycles. The molecule has 0 aliphatic carbocycles. The molecule has 0 radical (unpaired) electrons. The van der Waals surface area contributed by atoms with E-state index in [1.54, 1.807) is 7.11 Å². The number of alkyl halides is 1. The minimum atomic E-state index is 0.314. The minimum absolute atomic E-state index is 0.314. The van der Waals surface area contributed by atoms with Gasteiger partial charge in [0.2, 0.25) is 5.88 Å². The lowest BCUT2D eigenvalue weighted by atomic mass is 10.4. The summed E-state index contributed by atoms with van der Waals surface area (Å²) in [6, 6.07) is 0. The summed E-state index contributed by atoms with van der Waals surface area (Å²) in [6.45, 7) is 4.20. The van der Waals surface area contributed by atoms with Crippen molar-refractivity contribution >= 4 is 22.8 Å². The second kappa shape index (κ2) is 7.40. The smallest absolute Gasteiger partial charge is 0.245 e. The van der Waals surface area contributed by atoms with Crippen molar-refractivity contribution in [3.05, 3.63) is 12.2 Å². The van der Waals surface area contributed by atoms with Crippen LogP contribution in [0.3, 0.4) is 0 Å². The molecular formula is C13H19ClN4O2.